The third-order valence-corrected chi connectivity index (χ3v) is 4.01. The van der Waals surface area contributed by atoms with Crippen molar-refractivity contribution in [3.63, 3.8) is 0 Å². The second-order valence-corrected chi connectivity index (χ2v) is 4.65. The molecule has 0 aliphatic rings. The normalized spacial score (nSPS) is 13.5. The molecular formula is C6H11Cl2O3P. The lowest BCUT2D eigenvalue weighted by Crippen LogP contribution is -1.95. The van der Waals surface area contributed by atoms with Crippen molar-refractivity contribution in [1.82, 2.24) is 0 Å². The standard InChI is InChI=1S/C6H11Cl2O3P/c1-3-10-12(9,11-4-2)6(8)5-7/h5H,3-4H2,1-2H3/b6-5-. The van der Waals surface area contributed by atoms with Crippen molar-refractivity contribution < 1.29 is 13.6 Å². The molecule has 0 saturated carbocycles. The Labute approximate surface area is 82.2 Å². The molecular weight excluding hydrogens is 222 g/mol. The van der Waals surface area contributed by atoms with Gasteiger partial charge in [-0.1, -0.05) is 23.2 Å². The number of halogens is 2. The van der Waals surface area contributed by atoms with Gasteiger partial charge in [0.2, 0.25) is 0 Å². The first-order valence-corrected chi connectivity index (χ1v) is 5.82. The van der Waals surface area contributed by atoms with Crippen LogP contribution in [0.15, 0.2) is 10.3 Å². The second kappa shape index (κ2) is 6.01. The minimum atomic E-state index is -3.32. The fourth-order valence-electron chi connectivity index (χ4n) is 0.560. The molecule has 12 heavy (non-hydrogen) atoms. The van der Waals surface area contributed by atoms with Crippen LogP contribution in [0.1, 0.15) is 13.8 Å². The highest BCUT2D eigenvalue weighted by Gasteiger charge is 2.27. The molecule has 0 bridgehead atoms. The number of rotatable bonds is 5. The zero-order valence-electron chi connectivity index (χ0n) is 6.92. The summed E-state index contributed by atoms with van der Waals surface area (Å²) in [6.45, 7) is 3.92. The second-order valence-electron chi connectivity index (χ2n) is 1.76. The zero-order chi connectivity index (χ0) is 9.61. The maximum absolute atomic E-state index is 11.6. The van der Waals surface area contributed by atoms with Crippen molar-refractivity contribution in [3.05, 3.63) is 10.3 Å². The van der Waals surface area contributed by atoms with Crippen LogP contribution in [0.25, 0.3) is 0 Å². The maximum Gasteiger partial charge on any atom is 0.373 e. The summed E-state index contributed by atoms with van der Waals surface area (Å²) < 4.78 is 21.3. The van der Waals surface area contributed by atoms with Gasteiger partial charge in [0, 0.05) is 5.54 Å². The van der Waals surface area contributed by atoms with Crippen LogP contribution in [0.2, 0.25) is 0 Å². The van der Waals surface area contributed by atoms with Crippen LogP contribution in [0.3, 0.4) is 0 Å². The van der Waals surface area contributed by atoms with E-state index in [9.17, 15) is 4.57 Å². The molecule has 0 N–H and O–H groups in total. The summed E-state index contributed by atoms with van der Waals surface area (Å²) in [6, 6.07) is 0. The van der Waals surface area contributed by atoms with Gasteiger partial charge in [-0.3, -0.25) is 4.57 Å². The SMILES string of the molecule is CCOP(=O)(OCC)/C(Cl)=C\Cl. The van der Waals surface area contributed by atoms with Crippen molar-refractivity contribution in [2.24, 2.45) is 0 Å². The molecule has 0 atom stereocenters. The molecule has 0 rings (SSSR count). The van der Waals surface area contributed by atoms with Crippen LogP contribution in [-0.4, -0.2) is 13.2 Å². The molecule has 0 aromatic heterocycles. The van der Waals surface area contributed by atoms with E-state index in [-0.39, 0.29) is 18.0 Å². The topological polar surface area (TPSA) is 35.5 Å². The molecule has 0 unspecified atom stereocenters. The van der Waals surface area contributed by atoms with Gasteiger partial charge >= 0.3 is 7.60 Å². The third kappa shape index (κ3) is 3.46. The van der Waals surface area contributed by atoms with Gasteiger partial charge < -0.3 is 9.05 Å². The molecule has 6 heteroatoms. The van der Waals surface area contributed by atoms with E-state index < -0.39 is 7.60 Å². The smallest absolute Gasteiger partial charge is 0.305 e. The Morgan fingerprint density at radius 3 is 2.08 bits per heavy atom. The van der Waals surface area contributed by atoms with E-state index in [0.717, 1.165) is 5.54 Å². The lowest BCUT2D eigenvalue weighted by molar-refractivity contribution is 0.228. The molecule has 72 valence electrons. The Morgan fingerprint density at radius 2 is 1.83 bits per heavy atom. The zero-order valence-corrected chi connectivity index (χ0v) is 9.33. The molecule has 0 saturated heterocycles. The summed E-state index contributed by atoms with van der Waals surface area (Å²) in [5.74, 6) is 0. The number of hydrogen-bond acceptors (Lipinski definition) is 3. The Kier molecular flexibility index (Phi) is 6.24. The van der Waals surface area contributed by atoms with E-state index in [4.69, 9.17) is 32.2 Å². The molecule has 0 aromatic rings. The van der Waals surface area contributed by atoms with Crippen molar-refractivity contribution >= 4 is 30.8 Å². The Balaban J connectivity index is 4.50. The lowest BCUT2D eigenvalue weighted by Gasteiger charge is -2.14. The first-order chi connectivity index (χ1) is 5.60. The van der Waals surface area contributed by atoms with Gasteiger partial charge in [0.1, 0.15) is 4.77 Å². The molecule has 0 heterocycles. The largest absolute Gasteiger partial charge is 0.373 e. The van der Waals surface area contributed by atoms with Crippen LogP contribution >= 0.6 is 30.8 Å². The summed E-state index contributed by atoms with van der Waals surface area (Å²) in [6.07, 6.45) is 0. The van der Waals surface area contributed by atoms with Crippen LogP contribution in [0.5, 0.6) is 0 Å². The molecule has 0 fully saturated rings. The summed E-state index contributed by atoms with van der Waals surface area (Å²) in [4.78, 5) is 0. The molecule has 3 nitrogen and oxygen atoms in total. The van der Waals surface area contributed by atoms with E-state index in [0.29, 0.717) is 0 Å². The highest BCUT2D eigenvalue weighted by atomic mass is 35.5. The summed E-state index contributed by atoms with van der Waals surface area (Å²) in [5.41, 5.74) is 0.994. The van der Waals surface area contributed by atoms with Gasteiger partial charge in [0.05, 0.1) is 13.2 Å². The average Bonchev–Trinajstić information content (AvgIpc) is 2.04. The van der Waals surface area contributed by atoms with E-state index in [1.54, 1.807) is 13.8 Å². The van der Waals surface area contributed by atoms with Gasteiger partial charge in [-0.25, -0.2) is 0 Å². The van der Waals surface area contributed by atoms with Crippen molar-refractivity contribution in [1.29, 1.82) is 0 Å². The van der Waals surface area contributed by atoms with Gasteiger partial charge in [0.25, 0.3) is 0 Å². The van der Waals surface area contributed by atoms with Crippen molar-refractivity contribution in [3.8, 4) is 0 Å². The van der Waals surface area contributed by atoms with Crippen LogP contribution in [-0.2, 0) is 13.6 Å². The molecule has 0 radical (unpaired) electrons. The predicted octanol–water partition coefficient (Wildman–Crippen LogP) is 3.53. The van der Waals surface area contributed by atoms with Gasteiger partial charge in [0.15, 0.2) is 0 Å². The van der Waals surface area contributed by atoms with Gasteiger partial charge in [-0.15, -0.1) is 0 Å². The van der Waals surface area contributed by atoms with Crippen LogP contribution in [0, 0.1) is 0 Å². The third-order valence-electron chi connectivity index (χ3n) is 0.950. The van der Waals surface area contributed by atoms with E-state index in [2.05, 4.69) is 0 Å². The summed E-state index contributed by atoms with van der Waals surface area (Å²) in [5, 5.41) is 0. The fourth-order valence-corrected chi connectivity index (χ4v) is 2.33. The maximum atomic E-state index is 11.6. The lowest BCUT2D eigenvalue weighted by atomic mass is 10.9. The summed E-state index contributed by atoms with van der Waals surface area (Å²) >= 11 is 10.8. The molecule has 0 aliphatic heterocycles. The molecule has 0 aliphatic carbocycles. The average molecular weight is 233 g/mol. The quantitative estimate of drug-likeness (QED) is 0.681. The van der Waals surface area contributed by atoms with Gasteiger partial charge in [-0.2, -0.15) is 0 Å². The van der Waals surface area contributed by atoms with Crippen LogP contribution in [0.4, 0.5) is 0 Å². The van der Waals surface area contributed by atoms with Crippen molar-refractivity contribution in [2.75, 3.05) is 13.2 Å². The monoisotopic (exact) mass is 232 g/mol. The van der Waals surface area contributed by atoms with E-state index in [1.807, 2.05) is 0 Å². The predicted molar refractivity (Wildman–Crippen MR) is 50.6 cm³/mol. The first kappa shape index (κ1) is 12.5. The number of hydrogen-bond donors (Lipinski definition) is 0. The van der Waals surface area contributed by atoms with E-state index in [1.165, 1.54) is 0 Å². The Morgan fingerprint density at radius 1 is 1.42 bits per heavy atom. The molecule has 0 spiro atoms. The van der Waals surface area contributed by atoms with Crippen LogP contribution < -0.4 is 0 Å². The fraction of sp³-hybridized carbons (Fsp3) is 0.667. The van der Waals surface area contributed by atoms with Crippen molar-refractivity contribution in [2.45, 2.75) is 13.8 Å². The minimum Gasteiger partial charge on any atom is -0.305 e. The van der Waals surface area contributed by atoms with E-state index >= 15 is 0 Å². The Hall–Kier alpha value is 0.470. The first-order valence-electron chi connectivity index (χ1n) is 3.46. The highest BCUT2D eigenvalue weighted by molar-refractivity contribution is 7.61. The molecule has 0 aromatic carbocycles. The van der Waals surface area contributed by atoms with Gasteiger partial charge in [-0.05, 0) is 13.8 Å². The summed E-state index contributed by atoms with van der Waals surface area (Å²) in [7, 11) is -3.32. The highest BCUT2D eigenvalue weighted by Crippen LogP contribution is 2.57. The molecule has 0 amide bonds. The Bertz CT molecular complexity index is 195. The minimum absolute atomic E-state index is 0.0899.